The van der Waals surface area contributed by atoms with Crippen LogP contribution >= 0.6 is 12.4 Å². The molecule has 9 heteroatoms. The van der Waals surface area contributed by atoms with Gasteiger partial charge in [-0.25, -0.2) is 0 Å². The maximum atomic E-state index is 12.6. The molecule has 0 spiro atoms. The number of nitrogen functional groups attached to an aromatic ring is 1. The summed E-state index contributed by atoms with van der Waals surface area (Å²) in [4.78, 5) is 25.7. The van der Waals surface area contributed by atoms with Crippen molar-refractivity contribution in [2.45, 2.75) is 19.8 Å². The third-order valence-corrected chi connectivity index (χ3v) is 5.05. The lowest BCUT2D eigenvalue weighted by Crippen LogP contribution is -2.33. The van der Waals surface area contributed by atoms with Crippen LogP contribution in [0.5, 0.6) is 5.75 Å². The molecule has 2 aromatic carbocycles. The van der Waals surface area contributed by atoms with Crippen LogP contribution in [0.4, 0.5) is 22.7 Å². The fourth-order valence-electron chi connectivity index (χ4n) is 3.34. The molecule has 3 N–H and O–H groups in total. The predicted molar refractivity (Wildman–Crippen MR) is 116 cm³/mol. The van der Waals surface area contributed by atoms with E-state index in [0.717, 1.165) is 25.9 Å². The molecule has 0 atom stereocenters. The van der Waals surface area contributed by atoms with Gasteiger partial charge < -0.3 is 20.7 Å². The molecule has 2 aromatic rings. The third kappa shape index (κ3) is 5.08. The lowest BCUT2D eigenvalue weighted by Gasteiger charge is -2.31. The van der Waals surface area contributed by atoms with E-state index >= 15 is 0 Å². The molecule has 0 saturated carbocycles. The number of nitrogens with two attached hydrogens (primary N) is 1. The average Bonchev–Trinajstić information content (AvgIpc) is 2.68. The van der Waals surface area contributed by atoms with Crippen molar-refractivity contribution in [3.63, 3.8) is 0 Å². The summed E-state index contributed by atoms with van der Waals surface area (Å²) in [6, 6.07) is 9.48. The van der Waals surface area contributed by atoms with Gasteiger partial charge in [-0.05, 0) is 49.1 Å². The van der Waals surface area contributed by atoms with Crippen molar-refractivity contribution in [3.8, 4) is 5.75 Å². The number of hydrogen-bond donors (Lipinski definition) is 2. The highest BCUT2D eigenvalue weighted by atomic mass is 35.5. The molecule has 0 radical (unpaired) electrons. The van der Waals surface area contributed by atoms with Crippen LogP contribution in [0, 0.1) is 16.0 Å². The van der Waals surface area contributed by atoms with Crippen LogP contribution in [-0.4, -0.2) is 31.0 Å². The third-order valence-electron chi connectivity index (χ3n) is 5.05. The fraction of sp³-hybridized carbons (Fsp3) is 0.350. The Morgan fingerprint density at radius 2 is 1.93 bits per heavy atom. The Kier molecular flexibility index (Phi) is 7.28. The van der Waals surface area contributed by atoms with Gasteiger partial charge in [-0.3, -0.25) is 14.9 Å². The van der Waals surface area contributed by atoms with E-state index in [4.69, 9.17) is 10.5 Å². The molecule has 1 aliphatic heterocycles. The molecule has 29 heavy (non-hydrogen) atoms. The summed E-state index contributed by atoms with van der Waals surface area (Å²) in [5.74, 6) is 0.692. The number of nitrogens with one attached hydrogen (secondary N) is 1. The van der Waals surface area contributed by atoms with Crippen molar-refractivity contribution in [3.05, 3.63) is 52.1 Å². The van der Waals surface area contributed by atoms with Crippen molar-refractivity contribution >= 4 is 41.1 Å². The van der Waals surface area contributed by atoms with Gasteiger partial charge in [-0.2, -0.15) is 0 Å². The number of piperidine rings is 1. The van der Waals surface area contributed by atoms with Gasteiger partial charge in [0.15, 0.2) is 0 Å². The first-order chi connectivity index (χ1) is 13.4. The highest BCUT2D eigenvalue weighted by Gasteiger charge is 2.24. The molecular formula is C20H25ClN4O4. The minimum atomic E-state index is -0.438. The standard InChI is InChI=1S/C20H24N4O4.ClH/c1-13-7-9-23(10-8-13)17-5-3-14(11-18(17)24(26)27)20(25)22-15-4-6-19(28-2)16(21)12-15;/h3-6,11-13H,7-10,21H2,1-2H3,(H,22,25);1H. The second-order valence-corrected chi connectivity index (χ2v) is 7.04. The maximum absolute atomic E-state index is 12.6. The summed E-state index contributed by atoms with van der Waals surface area (Å²) in [6.45, 7) is 3.74. The van der Waals surface area contributed by atoms with E-state index < -0.39 is 10.8 Å². The van der Waals surface area contributed by atoms with Crippen molar-refractivity contribution in [2.75, 3.05) is 36.1 Å². The molecule has 1 saturated heterocycles. The minimum Gasteiger partial charge on any atom is -0.495 e. The van der Waals surface area contributed by atoms with Crippen LogP contribution < -0.4 is 20.7 Å². The molecule has 8 nitrogen and oxygen atoms in total. The van der Waals surface area contributed by atoms with E-state index in [1.165, 1.54) is 13.2 Å². The summed E-state index contributed by atoms with van der Waals surface area (Å²) >= 11 is 0. The molecule has 1 heterocycles. The van der Waals surface area contributed by atoms with Gasteiger partial charge in [0.05, 0.1) is 17.7 Å². The van der Waals surface area contributed by atoms with Gasteiger partial charge in [0.1, 0.15) is 11.4 Å². The van der Waals surface area contributed by atoms with Crippen LogP contribution in [0.1, 0.15) is 30.1 Å². The van der Waals surface area contributed by atoms with Gasteiger partial charge in [0.25, 0.3) is 11.6 Å². The Morgan fingerprint density at radius 1 is 1.24 bits per heavy atom. The molecule has 0 unspecified atom stereocenters. The smallest absolute Gasteiger partial charge is 0.293 e. The summed E-state index contributed by atoms with van der Waals surface area (Å²) in [5.41, 5.74) is 7.44. The number of ether oxygens (including phenoxy) is 1. The molecule has 0 aromatic heterocycles. The van der Waals surface area contributed by atoms with Crippen LogP contribution in [0.2, 0.25) is 0 Å². The van der Waals surface area contributed by atoms with Crippen molar-refractivity contribution in [1.29, 1.82) is 0 Å². The monoisotopic (exact) mass is 420 g/mol. The number of nitro benzene ring substituents is 1. The zero-order valence-corrected chi connectivity index (χ0v) is 17.2. The van der Waals surface area contributed by atoms with E-state index in [9.17, 15) is 14.9 Å². The van der Waals surface area contributed by atoms with Gasteiger partial charge in [0.2, 0.25) is 0 Å². The van der Waals surface area contributed by atoms with Gasteiger partial charge >= 0.3 is 0 Å². The number of halogens is 1. The molecule has 0 bridgehead atoms. The average molecular weight is 421 g/mol. The van der Waals surface area contributed by atoms with E-state index in [1.807, 2.05) is 4.90 Å². The highest BCUT2D eigenvalue weighted by molar-refractivity contribution is 6.05. The topological polar surface area (TPSA) is 111 Å². The summed E-state index contributed by atoms with van der Waals surface area (Å²) in [7, 11) is 1.51. The van der Waals surface area contributed by atoms with Crippen LogP contribution in [0.15, 0.2) is 36.4 Å². The second kappa shape index (κ2) is 9.47. The Bertz CT molecular complexity index is 898. The Balaban J connectivity index is 0.00000300. The first-order valence-corrected chi connectivity index (χ1v) is 9.17. The second-order valence-electron chi connectivity index (χ2n) is 7.04. The summed E-state index contributed by atoms with van der Waals surface area (Å²) < 4.78 is 5.09. The fourth-order valence-corrected chi connectivity index (χ4v) is 3.34. The van der Waals surface area contributed by atoms with Crippen molar-refractivity contribution < 1.29 is 14.5 Å². The SMILES string of the molecule is COc1ccc(NC(=O)c2ccc(N3CCC(C)CC3)c([N+](=O)[O-])c2)cc1N.Cl. The molecule has 1 fully saturated rings. The van der Waals surface area contributed by atoms with E-state index in [-0.39, 0.29) is 23.7 Å². The van der Waals surface area contributed by atoms with Gasteiger partial charge in [-0.1, -0.05) is 6.92 Å². The minimum absolute atomic E-state index is 0. The maximum Gasteiger partial charge on any atom is 0.293 e. The number of nitrogens with zero attached hydrogens (tertiary/aromatic N) is 2. The molecule has 1 amide bonds. The molecular weight excluding hydrogens is 396 g/mol. The molecule has 1 aliphatic rings. The normalized spacial score (nSPS) is 14.1. The van der Waals surface area contributed by atoms with E-state index in [2.05, 4.69) is 12.2 Å². The summed E-state index contributed by atoms with van der Waals surface area (Å²) in [6.07, 6.45) is 2.00. The van der Waals surface area contributed by atoms with E-state index in [1.54, 1.807) is 30.3 Å². The Labute approximate surface area is 175 Å². The number of carbonyl (C=O) groups is 1. The first-order valence-electron chi connectivity index (χ1n) is 9.17. The number of nitro groups is 1. The number of anilines is 3. The summed E-state index contributed by atoms with van der Waals surface area (Å²) in [5, 5.41) is 14.3. The van der Waals surface area contributed by atoms with Crippen LogP contribution in [0.25, 0.3) is 0 Å². The number of rotatable bonds is 5. The zero-order valence-electron chi connectivity index (χ0n) is 16.4. The molecule has 156 valence electrons. The largest absolute Gasteiger partial charge is 0.495 e. The number of hydrogen-bond acceptors (Lipinski definition) is 6. The predicted octanol–water partition coefficient (Wildman–Crippen LogP) is 4.10. The van der Waals surface area contributed by atoms with Crippen LogP contribution in [0.3, 0.4) is 0 Å². The van der Waals surface area contributed by atoms with Gasteiger partial charge in [-0.15, -0.1) is 12.4 Å². The Hall–Kier alpha value is -3.00. The van der Waals surface area contributed by atoms with Crippen LogP contribution in [-0.2, 0) is 0 Å². The van der Waals surface area contributed by atoms with E-state index in [0.29, 0.717) is 28.7 Å². The van der Waals surface area contributed by atoms with Crippen molar-refractivity contribution in [2.24, 2.45) is 5.92 Å². The number of carbonyl (C=O) groups excluding carboxylic acids is 1. The van der Waals surface area contributed by atoms with Crippen molar-refractivity contribution in [1.82, 2.24) is 0 Å². The first kappa shape index (κ1) is 22.3. The van der Waals surface area contributed by atoms with Gasteiger partial charge in [0, 0.05) is 30.4 Å². The number of amides is 1. The highest BCUT2D eigenvalue weighted by Crippen LogP contribution is 2.33. The lowest BCUT2D eigenvalue weighted by molar-refractivity contribution is -0.384. The number of methoxy groups -OCH3 is 1. The lowest BCUT2D eigenvalue weighted by atomic mass is 9.98. The molecule has 0 aliphatic carbocycles. The zero-order chi connectivity index (χ0) is 20.3. The number of benzene rings is 2. The quantitative estimate of drug-likeness (QED) is 0.428. The Morgan fingerprint density at radius 3 is 2.52 bits per heavy atom. The molecule has 3 rings (SSSR count).